The van der Waals surface area contributed by atoms with Crippen LogP contribution in [0.15, 0.2) is 6.33 Å². The van der Waals surface area contributed by atoms with Gasteiger partial charge in [0, 0.05) is 6.54 Å². The Labute approximate surface area is 99.2 Å². The molecule has 1 aromatic heterocycles. The molecule has 1 amide bonds. The summed E-state index contributed by atoms with van der Waals surface area (Å²) in [7, 11) is 0. The lowest BCUT2D eigenvalue weighted by atomic mass is 10.2. The first kappa shape index (κ1) is 12.6. The third kappa shape index (κ3) is 3.93. The highest BCUT2D eigenvalue weighted by molar-refractivity contribution is 7.80. The van der Waals surface area contributed by atoms with Crippen molar-refractivity contribution in [3.05, 3.63) is 12.2 Å². The van der Waals surface area contributed by atoms with E-state index in [1.54, 1.807) is 0 Å². The Kier molecular flexibility index (Phi) is 4.36. The highest BCUT2D eigenvalue weighted by Crippen LogP contribution is 1.91. The van der Waals surface area contributed by atoms with Gasteiger partial charge in [-0.25, -0.2) is 9.67 Å². The number of nitrogens with zero attached hydrogens (tertiary/aromatic N) is 3. The van der Waals surface area contributed by atoms with E-state index in [0.717, 1.165) is 0 Å². The number of thiocarbonyl (C=S) groups is 1. The first-order chi connectivity index (χ1) is 7.49. The lowest BCUT2D eigenvalue weighted by Crippen LogP contribution is -2.30. The third-order valence-electron chi connectivity index (χ3n) is 1.77. The van der Waals surface area contributed by atoms with Crippen LogP contribution >= 0.6 is 12.2 Å². The zero-order valence-electron chi connectivity index (χ0n) is 9.30. The predicted octanol–water partition coefficient (Wildman–Crippen LogP) is -0.316. The zero-order valence-corrected chi connectivity index (χ0v) is 10.1. The van der Waals surface area contributed by atoms with E-state index < -0.39 is 0 Å². The van der Waals surface area contributed by atoms with E-state index in [9.17, 15) is 4.79 Å². The highest BCUT2D eigenvalue weighted by atomic mass is 32.1. The van der Waals surface area contributed by atoms with Crippen LogP contribution in [-0.2, 0) is 11.3 Å². The molecule has 0 aliphatic heterocycles. The number of aromatic nitrogens is 3. The van der Waals surface area contributed by atoms with Crippen LogP contribution < -0.4 is 11.1 Å². The summed E-state index contributed by atoms with van der Waals surface area (Å²) in [5.74, 6) is 0.603. The largest absolute Gasteiger partial charge is 0.387 e. The number of nitrogens with one attached hydrogen (secondary N) is 1. The van der Waals surface area contributed by atoms with Gasteiger partial charge in [-0.1, -0.05) is 26.1 Å². The van der Waals surface area contributed by atoms with Crippen molar-refractivity contribution in [2.45, 2.75) is 20.4 Å². The Morgan fingerprint density at radius 1 is 1.69 bits per heavy atom. The van der Waals surface area contributed by atoms with Crippen molar-refractivity contribution in [2.24, 2.45) is 11.7 Å². The summed E-state index contributed by atoms with van der Waals surface area (Å²) >= 11 is 4.71. The quantitative estimate of drug-likeness (QED) is 0.690. The van der Waals surface area contributed by atoms with E-state index in [-0.39, 0.29) is 23.3 Å². The number of hydrogen-bond donors (Lipinski definition) is 2. The normalized spacial score (nSPS) is 10.4. The van der Waals surface area contributed by atoms with Crippen molar-refractivity contribution in [2.75, 3.05) is 6.54 Å². The summed E-state index contributed by atoms with van der Waals surface area (Å²) in [4.78, 5) is 15.4. The van der Waals surface area contributed by atoms with Crippen molar-refractivity contribution >= 4 is 23.1 Å². The summed E-state index contributed by atoms with van der Waals surface area (Å²) in [5.41, 5.74) is 5.35. The summed E-state index contributed by atoms with van der Waals surface area (Å²) in [6.45, 7) is 4.83. The number of nitrogens with two attached hydrogens (primary N) is 1. The molecule has 0 saturated carbocycles. The average molecular weight is 241 g/mol. The van der Waals surface area contributed by atoms with Gasteiger partial charge >= 0.3 is 0 Å². The lowest BCUT2D eigenvalue weighted by molar-refractivity contribution is -0.122. The molecule has 6 nitrogen and oxygen atoms in total. The van der Waals surface area contributed by atoms with Gasteiger partial charge in [0.2, 0.25) is 11.7 Å². The van der Waals surface area contributed by atoms with Crippen LogP contribution in [0.1, 0.15) is 19.7 Å². The molecule has 0 bridgehead atoms. The Morgan fingerprint density at radius 2 is 2.38 bits per heavy atom. The number of rotatable bonds is 5. The molecule has 0 saturated heterocycles. The Bertz CT molecular complexity index is 387. The molecule has 16 heavy (non-hydrogen) atoms. The molecule has 0 aliphatic carbocycles. The second-order valence-electron chi connectivity index (χ2n) is 3.83. The fourth-order valence-electron chi connectivity index (χ4n) is 1.00. The maximum Gasteiger partial charge on any atom is 0.241 e. The second kappa shape index (κ2) is 5.55. The van der Waals surface area contributed by atoms with Crippen LogP contribution in [0.5, 0.6) is 0 Å². The maximum atomic E-state index is 11.4. The van der Waals surface area contributed by atoms with Gasteiger partial charge in [-0.05, 0) is 5.92 Å². The number of carbonyl (C=O) groups excluding carboxylic acids is 1. The predicted molar refractivity (Wildman–Crippen MR) is 63.8 cm³/mol. The highest BCUT2D eigenvalue weighted by Gasteiger charge is 2.07. The van der Waals surface area contributed by atoms with Crippen molar-refractivity contribution in [1.82, 2.24) is 20.1 Å². The van der Waals surface area contributed by atoms with Gasteiger partial charge in [0.25, 0.3) is 0 Å². The van der Waals surface area contributed by atoms with E-state index in [2.05, 4.69) is 15.4 Å². The molecular formula is C9H15N5OS. The van der Waals surface area contributed by atoms with Gasteiger partial charge in [-0.3, -0.25) is 4.79 Å². The Morgan fingerprint density at radius 3 is 2.88 bits per heavy atom. The molecule has 0 unspecified atom stereocenters. The third-order valence-corrected chi connectivity index (χ3v) is 1.95. The monoisotopic (exact) mass is 241 g/mol. The fourth-order valence-corrected chi connectivity index (χ4v) is 1.10. The van der Waals surface area contributed by atoms with Crippen molar-refractivity contribution in [3.63, 3.8) is 0 Å². The molecule has 7 heteroatoms. The van der Waals surface area contributed by atoms with E-state index >= 15 is 0 Å². The summed E-state index contributed by atoms with van der Waals surface area (Å²) in [6.07, 6.45) is 1.43. The van der Waals surface area contributed by atoms with E-state index in [0.29, 0.717) is 12.5 Å². The molecule has 3 N–H and O–H groups in total. The number of amides is 1. The molecule has 0 atom stereocenters. The minimum atomic E-state index is -0.104. The van der Waals surface area contributed by atoms with Crippen LogP contribution in [0.4, 0.5) is 0 Å². The molecule has 0 fully saturated rings. The van der Waals surface area contributed by atoms with Crippen molar-refractivity contribution < 1.29 is 4.79 Å². The SMILES string of the molecule is CC(C)CNC(=O)Cn1cnc(C(N)=S)n1. The summed E-state index contributed by atoms with van der Waals surface area (Å²) in [6, 6.07) is 0. The summed E-state index contributed by atoms with van der Waals surface area (Å²) in [5, 5.41) is 6.73. The van der Waals surface area contributed by atoms with Gasteiger partial charge in [0.15, 0.2) is 0 Å². The fraction of sp³-hybridized carbons (Fsp3) is 0.556. The van der Waals surface area contributed by atoms with Gasteiger partial charge in [-0.2, -0.15) is 0 Å². The van der Waals surface area contributed by atoms with Crippen LogP contribution in [0.25, 0.3) is 0 Å². The topological polar surface area (TPSA) is 85.8 Å². The second-order valence-corrected chi connectivity index (χ2v) is 4.27. The minimum absolute atomic E-state index is 0.104. The molecule has 1 aromatic rings. The Balaban J connectivity index is 2.46. The first-order valence-electron chi connectivity index (χ1n) is 4.95. The van der Waals surface area contributed by atoms with Gasteiger partial charge < -0.3 is 11.1 Å². The van der Waals surface area contributed by atoms with Gasteiger partial charge in [-0.15, -0.1) is 5.10 Å². The smallest absolute Gasteiger partial charge is 0.241 e. The van der Waals surface area contributed by atoms with Gasteiger partial charge in [0.1, 0.15) is 17.9 Å². The molecule has 0 radical (unpaired) electrons. The molecule has 0 aromatic carbocycles. The molecule has 88 valence electrons. The molecule has 0 aliphatic rings. The maximum absolute atomic E-state index is 11.4. The molecule has 1 rings (SSSR count). The van der Waals surface area contributed by atoms with Crippen LogP contribution in [-0.4, -0.2) is 32.2 Å². The van der Waals surface area contributed by atoms with E-state index in [4.69, 9.17) is 18.0 Å². The van der Waals surface area contributed by atoms with Crippen LogP contribution in [0, 0.1) is 5.92 Å². The number of carbonyl (C=O) groups is 1. The zero-order chi connectivity index (χ0) is 12.1. The molecular weight excluding hydrogens is 226 g/mol. The average Bonchev–Trinajstić information content (AvgIpc) is 2.63. The van der Waals surface area contributed by atoms with E-state index in [1.165, 1.54) is 11.0 Å². The van der Waals surface area contributed by atoms with Crippen LogP contribution in [0.2, 0.25) is 0 Å². The van der Waals surface area contributed by atoms with Crippen molar-refractivity contribution in [1.29, 1.82) is 0 Å². The lowest BCUT2D eigenvalue weighted by Gasteiger charge is -2.06. The van der Waals surface area contributed by atoms with E-state index in [1.807, 2.05) is 13.8 Å². The van der Waals surface area contributed by atoms with Crippen molar-refractivity contribution in [3.8, 4) is 0 Å². The number of hydrogen-bond acceptors (Lipinski definition) is 4. The molecule has 1 heterocycles. The summed E-state index contributed by atoms with van der Waals surface area (Å²) < 4.78 is 1.41. The standard InChI is InChI=1S/C9H15N5OS/c1-6(2)3-11-7(15)4-14-5-12-9(13-14)8(10)16/h5-6H,3-4H2,1-2H3,(H2,10,16)(H,11,15). The Hall–Kier alpha value is -1.50. The van der Waals surface area contributed by atoms with Gasteiger partial charge in [0.05, 0.1) is 0 Å². The minimum Gasteiger partial charge on any atom is -0.387 e. The first-order valence-corrected chi connectivity index (χ1v) is 5.36. The van der Waals surface area contributed by atoms with Crippen LogP contribution in [0.3, 0.4) is 0 Å². The molecule has 0 spiro atoms.